The highest BCUT2D eigenvalue weighted by atomic mass is 79.9. The molecule has 1 aliphatic rings. The molecule has 1 atom stereocenters. The van der Waals surface area contributed by atoms with Crippen LogP contribution in [0.25, 0.3) is 0 Å². The fraction of sp³-hybridized carbons (Fsp3) is 0.385. The fourth-order valence-corrected chi connectivity index (χ4v) is 2.58. The number of carboxylic acid groups (broad SMARTS) is 1. The third-order valence-corrected chi connectivity index (χ3v) is 4.84. The molecule has 0 spiro atoms. The highest BCUT2D eigenvalue weighted by Gasteiger charge is 2.42. The molecule has 1 fully saturated rings. The van der Waals surface area contributed by atoms with Crippen molar-refractivity contribution in [2.45, 2.75) is 13.3 Å². The molecule has 0 aliphatic carbocycles. The summed E-state index contributed by atoms with van der Waals surface area (Å²) in [6, 6.07) is 2.08. The summed E-state index contributed by atoms with van der Waals surface area (Å²) in [7, 11) is 0. The van der Waals surface area contributed by atoms with Crippen LogP contribution in [0.5, 0.6) is 0 Å². The van der Waals surface area contributed by atoms with E-state index in [2.05, 4.69) is 21.2 Å². The lowest BCUT2D eigenvalue weighted by Crippen LogP contribution is -2.37. The number of nitrogens with zero attached hydrogens (tertiary/aromatic N) is 1. The number of aliphatic carboxylic acids is 1. The monoisotopic (exact) mass is 378 g/mol. The third kappa shape index (κ3) is 3.29. The maximum absolute atomic E-state index is 13.5. The predicted octanol–water partition coefficient (Wildman–Crippen LogP) is 3.57. The molecule has 0 aromatic heterocycles. The van der Waals surface area contributed by atoms with E-state index in [0.29, 0.717) is 13.0 Å². The minimum atomic E-state index is -0.944. The number of carboxylic acids is 1. The van der Waals surface area contributed by atoms with Crippen LogP contribution in [0.15, 0.2) is 16.6 Å². The maximum Gasteiger partial charge on any atom is 0.321 e. The van der Waals surface area contributed by atoms with Crippen LogP contribution >= 0.6 is 27.5 Å². The van der Waals surface area contributed by atoms with E-state index in [4.69, 9.17) is 16.7 Å². The van der Waals surface area contributed by atoms with Crippen molar-refractivity contribution in [2.24, 2.45) is 5.41 Å². The number of benzene rings is 1. The lowest BCUT2D eigenvalue weighted by molar-refractivity contribution is -0.146. The number of hydrogen-bond donors (Lipinski definition) is 2. The van der Waals surface area contributed by atoms with Crippen LogP contribution in [0.3, 0.4) is 0 Å². The van der Waals surface area contributed by atoms with Crippen LogP contribution < -0.4 is 5.32 Å². The van der Waals surface area contributed by atoms with Crippen molar-refractivity contribution >= 4 is 45.2 Å². The molecule has 1 saturated heterocycles. The molecule has 1 aromatic carbocycles. The van der Waals surface area contributed by atoms with Crippen LogP contribution in [0.2, 0.25) is 5.02 Å². The van der Waals surface area contributed by atoms with Gasteiger partial charge in [0.2, 0.25) is 0 Å². The number of hydrogen-bond acceptors (Lipinski definition) is 2. The largest absolute Gasteiger partial charge is 0.481 e. The molecule has 1 aromatic rings. The molecule has 2 N–H and O–H groups in total. The zero-order valence-corrected chi connectivity index (χ0v) is 13.5. The molecule has 0 saturated carbocycles. The van der Waals surface area contributed by atoms with E-state index >= 15 is 0 Å². The summed E-state index contributed by atoms with van der Waals surface area (Å²) in [6.45, 7) is 2.04. The average molecular weight is 380 g/mol. The normalized spacial score (nSPS) is 21.4. The van der Waals surface area contributed by atoms with Gasteiger partial charge in [-0.05, 0) is 41.4 Å². The van der Waals surface area contributed by atoms with Crippen molar-refractivity contribution in [1.29, 1.82) is 0 Å². The van der Waals surface area contributed by atoms with Gasteiger partial charge >= 0.3 is 12.0 Å². The number of urea groups is 1. The van der Waals surface area contributed by atoms with Gasteiger partial charge in [0, 0.05) is 18.8 Å². The van der Waals surface area contributed by atoms with Gasteiger partial charge < -0.3 is 15.3 Å². The SMILES string of the molecule is CC1(C(=O)O)CCN(C(=O)Nc2cc(F)c(Br)c(Cl)c2)C1. The number of halogens is 3. The highest BCUT2D eigenvalue weighted by Crippen LogP contribution is 2.32. The van der Waals surface area contributed by atoms with E-state index in [1.807, 2.05) is 0 Å². The van der Waals surface area contributed by atoms with Gasteiger partial charge in [0.1, 0.15) is 5.82 Å². The Hall–Kier alpha value is -1.34. The second-order valence-corrected chi connectivity index (χ2v) is 6.42. The van der Waals surface area contributed by atoms with E-state index in [9.17, 15) is 14.0 Å². The molecule has 2 rings (SSSR count). The molecule has 8 heteroatoms. The lowest BCUT2D eigenvalue weighted by Gasteiger charge is -2.20. The quantitative estimate of drug-likeness (QED) is 0.772. The van der Waals surface area contributed by atoms with Crippen LogP contribution in [0.4, 0.5) is 14.9 Å². The lowest BCUT2D eigenvalue weighted by atomic mass is 9.90. The molecular formula is C13H13BrClFN2O3. The number of rotatable bonds is 2. The van der Waals surface area contributed by atoms with Gasteiger partial charge in [0.15, 0.2) is 0 Å². The summed E-state index contributed by atoms with van der Waals surface area (Å²) in [5.41, 5.74) is -0.727. The Bertz CT molecular complexity index is 590. The van der Waals surface area contributed by atoms with Gasteiger partial charge in [0.25, 0.3) is 0 Å². The number of amides is 2. The van der Waals surface area contributed by atoms with Gasteiger partial charge in [-0.3, -0.25) is 4.79 Å². The van der Waals surface area contributed by atoms with Crippen LogP contribution in [0.1, 0.15) is 13.3 Å². The van der Waals surface area contributed by atoms with Crippen LogP contribution in [-0.2, 0) is 4.79 Å². The number of carbonyl (C=O) groups is 2. The molecule has 0 radical (unpaired) electrons. The van der Waals surface area contributed by atoms with Gasteiger partial charge in [-0.1, -0.05) is 11.6 Å². The standard InChI is InChI=1S/C13H13BrClFN2O3/c1-13(11(19)20)2-3-18(6-13)12(21)17-7-4-8(15)10(14)9(16)5-7/h4-5H,2-3,6H2,1H3,(H,17,21)(H,19,20). The fourth-order valence-electron chi connectivity index (χ4n) is 2.14. The van der Waals surface area contributed by atoms with E-state index in [-0.39, 0.29) is 21.7 Å². The third-order valence-electron chi connectivity index (χ3n) is 3.51. The average Bonchev–Trinajstić information content (AvgIpc) is 2.80. The van der Waals surface area contributed by atoms with Crippen molar-refractivity contribution in [2.75, 3.05) is 18.4 Å². The summed E-state index contributed by atoms with van der Waals surface area (Å²) in [5, 5.41) is 11.8. The van der Waals surface area contributed by atoms with Crippen LogP contribution in [-0.4, -0.2) is 35.1 Å². The van der Waals surface area contributed by atoms with Gasteiger partial charge in [0.05, 0.1) is 14.9 Å². The zero-order valence-electron chi connectivity index (χ0n) is 11.1. The topological polar surface area (TPSA) is 69.6 Å². The molecule has 1 unspecified atom stereocenters. The first-order valence-electron chi connectivity index (χ1n) is 6.17. The number of nitrogens with one attached hydrogen (secondary N) is 1. The first kappa shape index (κ1) is 16.0. The first-order chi connectivity index (χ1) is 9.73. The summed E-state index contributed by atoms with van der Waals surface area (Å²) in [4.78, 5) is 24.6. The van der Waals surface area contributed by atoms with Crippen molar-refractivity contribution in [3.63, 3.8) is 0 Å². The summed E-state index contributed by atoms with van der Waals surface area (Å²) in [6.07, 6.45) is 0.380. The molecule has 21 heavy (non-hydrogen) atoms. The molecule has 0 bridgehead atoms. The molecule has 1 heterocycles. The van der Waals surface area contributed by atoms with Crippen molar-refractivity contribution in [3.8, 4) is 0 Å². The highest BCUT2D eigenvalue weighted by molar-refractivity contribution is 9.10. The first-order valence-corrected chi connectivity index (χ1v) is 7.34. The van der Waals surface area contributed by atoms with E-state index in [1.165, 1.54) is 11.0 Å². The summed E-state index contributed by atoms with van der Waals surface area (Å²) < 4.78 is 13.6. The van der Waals surface area contributed by atoms with E-state index < -0.39 is 23.2 Å². The maximum atomic E-state index is 13.5. The molecular weight excluding hydrogens is 367 g/mol. The predicted molar refractivity (Wildman–Crippen MR) is 80.1 cm³/mol. The van der Waals surface area contributed by atoms with E-state index in [0.717, 1.165) is 6.07 Å². The molecule has 5 nitrogen and oxygen atoms in total. The Kier molecular flexibility index (Phi) is 4.43. The Balaban J connectivity index is 2.08. The van der Waals surface area contributed by atoms with Crippen molar-refractivity contribution < 1.29 is 19.1 Å². The molecule has 2 amide bonds. The van der Waals surface area contributed by atoms with Crippen LogP contribution in [0, 0.1) is 11.2 Å². The van der Waals surface area contributed by atoms with Crippen molar-refractivity contribution in [3.05, 3.63) is 27.4 Å². The van der Waals surface area contributed by atoms with Gasteiger partial charge in [-0.2, -0.15) is 0 Å². The van der Waals surface area contributed by atoms with E-state index in [1.54, 1.807) is 6.92 Å². The Morgan fingerprint density at radius 2 is 2.19 bits per heavy atom. The smallest absolute Gasteiger partial charge is 0.321 e. The molecule has 1 aliphatic heterocycles. The number of carbonyl (C=O) groups excluding carboxylic acids is 1. The van der Waals surface area contributed by atoms with Gasteiger partial charge in [-0.15, -0.1) is 0 Å². The second kappa shape index (κ2) is 5.81. The minimum absolute atomic E-state index is 0.112. The summed E-state index contributed by atoms with van der Waals surface area (Å²) in [5.74, 6) is -1.52. The summed E-state index contributed by atoms with van der Waals surface area (Å²) >= 11 is 8.80. The minimum Gasteiger partial charge on any atom is -0.481 e. The Morgan fingerprint density at radius 3 is 2.71 bits per heavy atom. The zero-order chi connectivity index (χ0) is 15.8. The van der Waals surface area contributed by atoms with Crippen molar-refractivity contribution in [1.82, 2.24) is 4.90 Å². The van der Waals surface area contributed by atoms with Gasteiger partial charge in [-0.25, -0.2) is 9.18 Å². The Morgan fingerprint density at radius 1 is 1.52 bits per heavy atom. The molecule has 114 valence electrons. The number of anilines is 1. The number of likely N-dealkylation sites (tertiary alicyclic amines) is 1. The second-order valence-electron chi connectivity index (χ2n) is 5.22. The Labute approximate surface area is 134 Å².